The molecule has 1 aromatic heterocycles. The van der Waals surface area contributed by atoms with Gasteiger partial charge >= 0.3 is 0 Å². The van der Waals surface area contributed by atoms with Crippen molar-refractivity contribution in [2.24, 2.45) is 0 Å². The van der Waals surface area contributed by atoms with Gasteiger partial charge in [-0.25, -0.2) is 0 Å². The number of ether oxygens (including phenoxy) is 2. The minimum absolute atomic E-state index is 0.249. The molecule has 2 aromatic carbocycles. The molecule has 3 aromatic rings. The largest absolute Gasteiger partial charge is 0.493 e. The lowest BCUT2D eigenvalue weighted by Gasteiger charge is -2.11. The third kappa shape index (κ3) is 4.03. The molecule has 0 saturated heterocycles. The molecular formula is C20H21N3O3. The van der Waals surface area contributed by atoms with Crippen LogP contribution < -0.4 is 14.8 Å². The summed E-state index contributed by atoms with van der Waals surface area (Å²) in [5.41, 5.74) is 2.28. The van der Waals surface area contributed by atoms with Gasteiger partial charge in [-0.3, -0.25) is 9.89 Å². The maximum Gasteiger partial charge on any atom is 0.248 e. The number of carbonyl (C=O) groups is 1. The van der Waals surface area contributed by atoms with E-state index in [1.54, 1.807) is 31.4 Å². The monoisotopic (exact) mass is 351 g/mol. The first kappa shape index (κ1) is 17.5. The summed E-state index contributed by atoms with van der Waals surface area (Å²) in [5.74, 6) is 0.991. The van der Waals surface area contributed by atoms with E-state index in [0.717, 1.165) is 23.0 Å². The summed E-state index contributed by atoms with van der Waals surface area (Å²) in [6.07, 6.45) is 4.05. The number of para-hydroxylation sites is 1. The molecule has 2 N–H and O–H groups in total. The molecule has 3 rings (SSSR count). The number of benzene rings is 2. The second kappa shape index (κ2) is 8.20. The number of hydrogen-bond acceptors (Lipinski definition) is 4. The van der Waals surface area contributed by atoms with Crippen molar-refractivity contribution in [2.75, 3.05) is 19.0 Å². The van der Waals surface area contributed by atoms with Gasteiger partial charge in [0.1, 0.15) is 0 Å². The number of aromatic nitrogens is 2. The molecule has 0 aliphatic carbocycles. The number of anilines is 1. The van der Waals surface area contributed by atoms with Crippen LogP contribution in [0.5, 0.6) is 11.5 Å². The Kier molecular flexibility index (Phi) is 5.53. The van der Waals surface area contributed by atoms with E-state index in [4.69, 9.17) is 9.47 Å². The summed E-state index contributed by atoms with van der Waals surface area (Å²) >= 11 is 0. The predicted octanol–water partition coefficient (Wildman–Crippen LogP) is 4.01. The van der Waals surface area contributed by atoms with Crippen molar-refractivity contribution in [2.45, 2.75) is 13.3 Å². The minimum Gasteiger partial charge on any atom is -0.493 e. The molecule has 0 unspecified atom stereocenters. The van der Waals surface area contributed by atoms with Crippen molar-refractivity contribution in [3.05, 3.63) is 54.2 Å². The van der Waals surface area contributed by atoms with Gasteiger partial charge < -0.3 is 14.8 Å². The number of methoxy groups -OCH3 is 1. The van der Waals surface area contributed by atoms with Crippen LogP contribution in [0.1, 0.15) is 19.0 Å². The molecule has 134 valence electrons. The molecule has 0 aliphatic rings. The Morgan fingerprint density at radius 3 is 2.88 bits per heavy atom. The first-order valence-electron chi connectivity index (χ1n) is 8.44. The zero-order valence-electron chi connectivity index (χ0n) is 14.8. The van der Waals surface area contributed by atoms with Crippen LogP contribution in [-0.4, -0.2) is 29.8 Å². The molecule has 0 saturated carbocycles. The van der Waals surface area contributed by atoms with Crippen molar-refractivity contribution >= 4 is 28.6 Å². The Morgan fingerprint density at radius 1 is 1.23 bits per heavy atom. The van der Waals surface area contributed by atoms with E-state index in [1.807, 2.05) is 31.2 Å². The number of aromatic amines is 1. The van der Waals surface area contributed by atoms with E-state index in [-0.39, 0.29) is 5.91 Å². The fourth-order valence-electron chi connectivity index (χ4n) is 2.53. The van der Waals surface area contributed by atoms with E-state index in [1.165, 1.54) is 6.08 Å². The van der Waals surface area contributed by atoms with Crippen molar-refractivity contribution < 1.29 is 14.3 Å². The summed E-state index contributed by atoms with van der Waals surface area (Å²) < 4.78 is 10.9. The SMILES string of the molecule is CCCOc1ccc(NC(=O)/C=C/c2n[nH]c3ccccc23)cc1OC. The van der Waals surface area contributed by atoms with Crippen LogP contribution in [0.2, 0.25) is 0 Å². The molecule has 1 heterocycles. The molecule has 0 bridgehead atoms. The zero-order chi connectivity index (χ0) is 18.4. The Labute approximate surface area is 151 Å². The van der Waals surface area contributed by atoms with Gasteiger partial charge in [0.2, 0.25) is 5.91 Å². The molecule has 0 fully saturated rings. The fraction of sp³-hybridized carbons (Fsp3) is 0.200. The van der Waals surface area contributed by atoms with Crippen LogP contribution in [0, 0.1) is 0 Å². The topological polar surface area (TPSA) is 76.2 Å². The number of nitrogens with zero attached hydrogens (tertiary/aromatic N) is 1. The number of rotatable bonds is 7. The van der Waals surface area contributed by atoms with Crippen LogP contribution in [-0.2, 0) is 4.79 Å². The average Bonchev–Trinajstić information content (AvgIpc) is 3.08. The lowest BCUT2D eigenvalue weighted by Crippen LogP contribution is -2.08. The molecule has 26 heavy (non-hydrogen) atoms. The van der Waals surface area contributed by atoms with Crippen LogP contribution >= 0.6 is 0 Å². The lowest BCUT2D eigenvalue weighted by molar-refractivity contribution is -0.111. The molecule has 1 amide bonds. The first-order valence-corrected chi connectivity index (χ1v) is 8.44. The van der Waals surface area contributed by atoms with Gasteiger partial charge in [-0.05, 0) is 30.7 Å². The van der Waals surface area contributed by atoms with E-state index >= 15 is 0 Å². The number of H-pyrrole nitrogens is 1. The molecule has 6 heteroatoms. The van der Waals surface area contributed by atoms with Crippen LogP contribution in [0.25, 0.3) is 17.0 Å². The van der Waals surface area contributed by atoms with Crippen molar-refractivity contribution in [1.29, 1.82) is 0 Å². The van der Waals surface area contributed by atoms with Gasteiger partial charge in [0.15, 0.2) is 11.5 Å². The highest BCUT2D eigenvalue weighted by Gasteiger charge is 2.07. The van der Waals surface area contributed by atoms with Crippen molar-refractivity contribution in [3.63, 3.8) is 0 Å². The summed E-state index contributed by atoms with van der Waals surface area (Å²) in [7, 11) is 1.57. The summed E-state index contributed by atoms with van der Waals surface area (Å²) in [6, 6.07) is 13.1. The van der Waals surface area contributed by atoms with Crippen LogP contribution in [0.4, 0.5) is 5.69 Å². The van der Waals surface area contributed by atoms with E-state index in [9.17, 15) is 4.79 Å². The summed E-state index contributed by atoms with van der Waals surface area (Å²) in [5, 5.41) is 10.9. The zero-order valence-corrected chi connectivity index (χ0v) is 14.8. The lowest BCUT2D eigenvalue weighted by atomic mass is 10.2. The highest BCUT2D eigenvalue weighted by Crippen LogP contribution is 2.30. The van der Waals surface area contributed by atoms with Crippen LogP contribution in [0.3, 0.4) is 0 Å². The first-order chi connectivity index (χ1) is 12.7. The molecule has 0 aliphatic heterocycles. The van der Waals surface area contributed by atoms with Crippen LogP contribution in [0.15, 0.2) is 48.5 Å². The third-order valence-electron chi connectivity index (χ3n) is 3.79. The molecule has 0 atom stereocenters. The standard InChI is InChI=1S/C20H21N3O3/c1-3-12-26-18-10-8-14(13-19(18)25-2)21-20(24)11-9-17-15-6-4-5-7-16(15)22-23-17/h4-11,13H,3,12H2,1-2H3,(H,21,24)(H,22,23)/b11-9+. The van der Waals surface area contributed by atoms with Gasteiger partial charge in [-0.15, -0.1) is 0 Å². The second-order valence-corrected chi connectivity index (χ2v) is 5.69. The minimum atomic E-state index is -0.249. The Hall–Kier alpha value is -3.28. The molecule has 0 spiro atoms. The normalized spacial score (nSPS) is 11.0. The quantitative estimate of drug-likeness (QED) is 0.631. The number of nitrogens with one attached hydrogen (secondary N) is 2. The van der Waals surface area contributed by atoms with Gasteiger partial charge in [0.25, 0.3) is 0 Å². The van der Waals surface area contributed by atoms with Gasteiger partial charge in [-0.1, -0.05) is 25.1 Å². The van der Waals surface area contributed by atoms with E-state index in [2.05, 4.69) is 15.5 Å². The fourth-order valence-corrected chi connectivity index (χ4v) is 2.53. The highest BCUT2D eigenvalue weighted by molar-refractivity contribution is 6.03. The number of hydrogen-bond donors (Lipinski definition) is 2. The summed E-state index contributed by atoms with van der Waals surface area (Å²) in [6.45, 7) is 2.65. The Balaban J connectivity index is 1.69. The van der Waals surface area contributed by atoms with Gasteiger partial charge in [0, 0.05) is 23.2 Å². The predicted molar refractivity (Wildman–Crippen MR) is 103 cm³/mol. The van der Waals surface area contributed by atoms with Gasteiger partial charge in [-0.2, -0.15) is 5.10 Å². The van der Waals surface area contributed by atoms with E-state index < -0.39 is 0 Å². The maximum atomic E-state index is 12.2. The average molecular weight is 351 g/mol. The molecule has 6 nitrogen and oxygen atoms in total. The molecular weight excluding hydrogens is 330 g/mol. The highest BCUT2D eigenvalue weighted by atomic mass is 16.5. The third-order valence-corrected chi connectivity index (χ3v) is 3.79. The van der Waals surface area contributed by atoms with E-state index in [0.29, 0.717) is 23.8 Å². The number of amides is 1. The number of fused-ring (bicyclic) bond motifs is 1. The Bertz CT molecular complexity index is 931. The second-order valence-electron chi connectivity index (χ2n) is 5.69. The van der Waals surface area contributed by atoms with Crippen molar-refractivity contribution in [3.8, 4) is 11.5 Å². The smallest absolute Gasteiger partial charge is 0.248 e. The van der Waals surface area contributed by atoms with Crippen molar-refractivity contribution in [1.82, 2.24) is 10.2 Å². The number of carbonyl (C=O) groups excluding carboxylic acids is 1. The van der Waals surface area contributed by atoms with Gasteiger partial charge in [0.05, 0.1) is 24.9 Å². The Morgan fingerprint density at radius 2 is 2.08 bits per heavy atom. The maximum absolute atomic E-state index is 12.2. The molecule has 0 radical (unpaired) electrons. The summed E-state index contributed by atoms with van der Waals surface area (Å²) in [4.78, 5) is 12.2.